The van der Waals surface area contributed by atoms with Gasteiger partial charge in [-0.05, 0) is 38.1 Å². The van der Waals surface area contributed by atoms with Gasteiger partial charge < -0.3 is 15.3 Å². The largest absolute Gasteiger partial charge is 0.508 e. The molecule has 0 amide bonds. The SMILES string of the molecule is CCC(C)N(C)CCNCc1cc(O)cc(F)c1. The summed E-state index contributed by atoms with van der Waals surface area (Å²) in [7, 11) is 2.10. The number of likely N-dealkylation sites (N-methyl/N-ethyl adjacent to an activating group) is 1. The van der Waals surface area contributed by atoms with Gasteiger partial charge in [0.25, 0.3) is 0 Å². The lowest BCUT2D eigenvalue weighted by atomic mass is 10.2. The molecule has 0 aliphatic rings. The number of phenols is 1. The lowest BCUT2D eigenvalue weighted by molar-refractivity contribution is 0.251. The third-order valence-electron chi connectivity index (χ3n) is 3.26. The van der Waals surface area contributed by atoms with Crippen LogP contribution in [0.1, 0.15) is 25.8 Å². The number of hydrogen-bond acceptors (Lipinski definition) is 3. The Labute approximate surface area is 109 Å². The fourth-order valence-corrected chi connectivity index (χ4v) is 1.76. The van der Waals surface area contributed by atoms with Crippen LogP contribution in [0.15, 0.2) is 18.2 Å². The quantitative estimate of drug-likeness (QED) is 0.733. The fourth-order valence-electron chi connectivity index (χ4n) is 1.76. The highest BCUT2D eigenvalue weighted by Gasteiger charge is 2.05. The van der Waals surface area contributed by atoms with Gasteiger partial charge in [0, 0.05) is 31.7 Å². The summed E-state index contributed by atoms with van der Waals surface area (Å²) in [6.07, 6.45) is 1.13. The summed E-state index contributed by atoms with van der Waals surface area (Å²) in [4.78, 5) is 2.29. The van der Waals surface area contributed by atoms with Crippen LogP contribution in [0.3, 0.4) is 0 Å². The lowest BCUT2D eigenvalue weighted by Gasteiger charge is -2.23. The van der Waals surface area contributed by atoms with Crippen molar-refractivity contribution in [3.05, 3.63) is 29.6 Å². The molecule has 0 aliphatic carbocycles. The van der Waals surface area contributed by atoms with Gasteiger partial charge in [-0.25, -0.2) is 4.39 Å². The van der Waals surface area contributed by atoms with Crippen LogP contribution in [0, 0.1) is 5.82 Å². The van der Waals surface area contributed by atoms with Gasteiger partial charge >= 0.3 is 0 Å². The van der Waals surface area contributed by atoms with Crippen LogP contribution >= 0.6 is 0 Å². The van der Waals surface area contributed by atoms with Crippen molar-refractivity contribution in [2.75, 3.05) is 20.1 Å². The first-order valence-electron chi connectivity index (χ1n) is 6.42. The first-order chi connectivity index (χ1) is 8.52. The Bertz CT molecular complexity index is 351. The molecule has 18 heavy (non-hydrogen) atoms. The highest BCUT2D eigenvalue weighted by atomic mass is 19.1. The lowest BCUT2D eigenvalue weighted by Crippen LogP contribution is -2.34. The van der Waals surface area contributed by atoms with Gasteiger partial charge in [-0.1, -0.05) is 6.92 Å². The minimum atomic E-state index is -0.400. The van der Waals surface area contributed by atoms with E-state index in [1.54, 1.807) is 6.07 Å². The summed E-state index contributed by atoms with van der Waals surface area (Å²) < 4.78 is 13.0. The molecule has 1 atom stereocenters. The van der Waals surface area contributed by atoms with Crippen molar-refractivity contribution < 1.29 is 9.50 Å². The number of rotatable bonds is 7. The van der Waals surface area contributed by atoms with Gasteiger partial charge in [-0.3, -0.25) is 0 Å². The summed E-state index contributed by atoms with van der Waals surface area (Å²) in [5.41, 5.74) is 0.763. The second kappa shape index (κ2) is 7.34. The van der Waals surface area contributed by atoms with Crippen LogP contribution in [-0.4, -0.2) is 36.2 Å². The van der Waals surface area contributed by atoms with E-state index in [-0.39, 0.29) is 5.75 Å². The van der Waals surface area contributed by atoms with Crippen LogP contribution in [0.5, 0.6) is 5.75 Å². The minimum Gasteiger partial charge on any atom is -0.508 e. The molecule has 4 heteroatoms. The minimum absolute atomic E-state index is 0.0245. The van der Waals surface area contributed by atoms with E-state index in [2.05, 4.69) is 31.1 Å². The maximum atomic E-state index is 13.0. The molecule has 0 heterocycles. The topological polar surface area (TPSA) is 35.5 Å². The number of nitrogens with one attached hydrogen (secondary N) is 1. The summed E-state index contributed by atoms with van der Waals surface area (Å²) in [5.74, 6) is -0.424. The molecule has 3 nitrogen and oxygen atoms in total. The average Bonchev–Trinajstić information content (AvgIpc) is 2.32. The van der Waals surface area contributed by atoms with E-state index in [4.69, 9.17) is 0 Å². The van der Waals surface area contributed by atoms with Crippen LogP contribution < -0.4 is 5.32 Å². The van der Waals surface area contributed by atoms with Crippen LogP contribution in [-0.2, 0) is 6.54 Å². The third-order valence-corrected chi connectivity index (χ3v) is 3.26. The third kappa shape index (κ3) is 5.02. The Morgan fingerprint density at radius 2 is 2.11 bits per heavy atom. The van der Waals surface area contributed by atoms with E-state index in [9.17, 15) is 9.50 Å². The summed E-state index contributed by atoms with van der Waals surface area (Å²) in [6, 6.07) is 4.70. The van der Waals surface area contributed by atoms with Gasteiger partial charge in [-0.2, -0.15) is 0 Å². The zero-order chi connectivity index (χ0) is 13.5. The number of hydrogen-bond donors (Lipinski definition) is 2. The monoisotopic (exact) mass is 254 g/mol. The van der Waals surface area contributed by atoms with Crippen molar-refractivity contribution in [3.63, 3.8) is 0 Å². The highest BCUT2D eigenvalue weighted by Crippen LogP contribution is 2.14. The standard InChI is InChI=1S/C14H23FN2O/c1-4-11(2)17(3)6-5-16-10-12-7-13(15)9-14(18)8-12/h7-9,11,16,18H,4-6,10H2,1-3H3. The molecule has 1 aromatic carbocycles. The number of nitrogens with zero attached hydrogens (tertiary/aromatic N) is 1. The smallest absolute Gasteiger partial charge is 0.127 e. The van der Waals surface area contributed by atoms with Gasteiger partial charge in [0.05, 0.1) is 0 Å². The molecule has 0 saturated heterocycles. The van der Waals surface area contributed by atoms with Gasteiger partial charge in [0.15, 0.2) is 0 Å². The molecule has 1 rings (SSSR count). The van der Waals surface area contributed by atoms with Gasteiger partial charge in [0.2, 0.25) is 0 Å². The zero-order valence-corrected chi connectivity index (χ0v) is 11.4. The first kappa shape index (κ1) is 14.9. The zero-order valence-electron chi connectivity index (χ0n) is 11.4. The van der Waals surface area contributed by atoms with E-state index in [1.165, 1.54) is 6.07 Å². The van der Waals surface area contributed by atoms with E-state index in [0.29, 0.717) is 12.6 Å². The van der Waals surface area contributed by atoms with Crippen LogP contribution in [0.25, 0.3) is 0 Å². The molecule has 0 saturated carbocycles. The second-order valence-electron chi connectivity index (χ2n) is 4.73. The van der Waals surface area contributed by atoms with Crippen molar-refractivity contribution in [1.82, 2.24) is 10.2 Å². The van der Waals surface area contributed by atoms with Crippen LogP contribution in [0.2, 0.25) is 0 Å². The summed E-state index contributed by atoms with van der Waals surface area (Å²) >= 11 is 0. The molecular weight excluding hydrogens is 231 g/mol. The van der Waals surface area contributed by atoms with Gasteiger partial charge in [0.1, 0.15) is 11.6 Å². The van der Waals surface area contributed by atoms with E-state index in [0.717, 1.165) is 31.1 Å². The molecule has 2 N–H and O–H groups in total. The number of aromatic hydroxyl groups is 1. The Balaban J connectivity index is 2.29. The Morgan fingerprint density at radius 1 is 1.39 bits per heavy atom. The highest BCUT2D eigenvalue weighted by molar-refractivity contribution is 5.28. The molecule has 0 fully saturated rings. The fraction of sp³-hybridized carbons (Fsp3) is 0.571. The second-order valence-corrected chi connectivity index (χ2v) is 4.73. The molecule has 0 aliphatic heterocycles. The van der Waals surface area contributed by atoms with Crippen LogP contribution in [0.4, 0.5) is 4.39 Å². The van der Waals surface area contributed by atoms with Gasteiger partial charge in [-0.15, -0.1) is 0 Å². The van der Waals surface area contributed by atoms with E-state index in [1.807, 2.05) is 0 Å². The summed E-state index contributed by atoms with van der Waals surface area (Å²) in [6.45, 7) is 6.74. The van der Waals surface area contributed by atoms with Crippen molar-refractivity contribution in [3.8, 4) is 5.75 Å². The molecule has 0 aromatic heterocycles. The average molecular weight is 254 g/mol. The van der Waals surface area contributed by atoms with Crippen molar-refractivity contribution in [1.29, 1.82) is 0 Å². The normalized spacial score (nSPS) is 12.9. The first-order valence-corrected chi connectivity index (χ1v) is 6.42. The molecule has 1 aromatic rings. The maximum absolute atomic E-state index is 13.0. The van der Waals surface area contributed by atoms with Crippen molar-refractivity contribution in [2.45, 2.75) is 32.9 Å². The van der Waals surface area contributed by atoms with E-state index < -0.39 is 5.82 Å². The summed E-state index contributed by atoms with van der Waals surface area (Å²) in [5, 5.41) is 12.5. The maximum Gasteiger partial charge on any atom is 0.127 e. The number of halogens is 1. The van der Waals surface area contributed by atoms with Crippen molar-refractivity contribution in [2.24, 2.45) is 0 Å². The number of phenolic OH excluding ortho intramolecular Hbond substituents is 1. The molecule has 1 unspecified atom stereocenters. The van der Waals surface area contributed by atoms with Crippen molar-refractivity contribution >= 4 is 0 Å². The molecule has 0 bridgehead atoms. The Hall–Kier alpha value is -1.13. The predicted octanol–water partition coefficient (Wildman–Crippen LogP) is 2.35. The predicted molar refractivity (Wildman–Crippen MR) is 72.2 cm³/mol. The van der Waals surface area contributed by atoms with E-state index >= 15 is 0 Å². The Morgan fingerprint density at radius 3 is 2.72 bits per heavy atom. The molecule has 0 radical (unpaired) electrons. The Kier molecular flexibility index (Phi) is 6.09. The molecule has 0 spiro atoms. The molecular formula is C14H23FN2O. The molecule has 102 valence electrons. The number of benzene rings is 1.